The second-order valence-electron chi connectivity index (χ2n) is 5.28. The number of carbonyl (C=O) groups is 3. The summed E-state index contributed by atoms with van der Waals surface area (Å²) in [5.74, 6) is -1.26. The van der Waals surface area contributed by atoms with E-state index in [1.807, 2.05) is 6.07 Å². The van der Waals surface area contributed by atoms with Gasteiger partial charge in [-0.15, -0.1) is 0 Å². The van der Waals surface area contributed by atoms with Gasteiger partial charge in [-0.1, -0.05) is 18.2 Å². The SMILES string of the molecule is C[C@H](C(=O)NCc1cccnc1)N1C(=O)c2ccccc2C1=O. The molecule has 1 aliphatic heterocycles. The highest BCUT2D eigenvalue weighted by Gasteiger charge is 2.40. The van der Waals surface area contributed by atoms with E-state index in [1.165, 1.54) is 0 Å². The van der Waals surface area contributed by atoms with Crippen molar-refractivity contribution in [3.05, 3.63) is 65.5 Å². The molecule has 0 saturated heterocycles. The number of imide groups is 1. The number of nitrogens with zero attached hydrogens (tertiary/aromatic N) is 2. The van der Waals surface area contributed by atoms with E-state index < -0.39 is 17.9 Å². The maximum absolute atomic E-state index is 12.3. The smallest absolute Gasteiger partial charge is 0.262 e. The van der Waals surface area contributed by atoms with E-state index in [0.717, 1.165) is 10.5 Å². The molecule has 0 spiro atoms. The zero-order valence-corrected chi connectivity index (χ0v) is 12.5. The largest absolute Gasteiger partial charge is 0.350 e. The van der Waals surface area contributed by atoms with Gasteiger partial charge in [-0.25, -0.2) is 0 Å². The minimum atomic E-state index is -0.876. The number of aromatic nitrogens is 1. The Morgan fingerprint density at radius 3 is 2.35 bits per heavy atom. The molecule has 1 atom stereocenters. The highest BCUT2D eigenvalue weighted by Crippen LogP contribution is 2.24. The lowest BCUT2D eigenvalue weighted by molar-refractivity contribution is -0.124. The van der Waals surface area contributed by atoms with Crippen LogP contribution in [0.15, 0.2) is 48.8 Å². The maximum atomic E-state index is 12.3. The summed E-state index contributed by atoms with van der Waals surface area (Å²) in [4.78, 5) is 41.9. The molecule has 0 radical (unpaired) electrons. The number of amides is 3. The summed E-state index contributed by atoms with van der Waals surface area (Å²) in [6.45, 7) is 1.83. The van der Waals surface area contributed by atoms with Crippen molar-refractivity contribution >= 4 is 17.7 Å². The van der Waals surface area contributed by atoms with E-state index in [9.17, 15) is 14.4 Å². The Kier molecular flexibility index (Phi) is 3.89. The van der Waals surface area contributed by atoms with Crippen LogP contribution < -0.4 is 5.32 Å². The lowest BCUT2D eigenvalue weighted by Gasteiger charge is -2.21. The normalized spacial score (nSPS) is 14.6. The van der Waals surface area contributed by atoms with Gasteiger partial charge in [0.2, 0.25) is 5.91 Å². The van der Waals surface area contributed by atoms with E-state index in [0.29, 0.717) is 17.7 Å². The number of benzene rings is 1. The summed E-state index contributed by atoms with van der Waals surface area (Å²) in [7, 11) is 0. The summed E-state index contributed by atoms with van der Waals surface area (Å²) in [5.41, 5.74) is 1.52. The molecule has 0 aliphatic carbocycles. The summed E-state index contributed by atoms with van der Waals surface area (Å²) in [5, 5.41) is 2.72. The predicted molar refractivity (Wildman–Crippen MR) is 82.5 cm³/mol. The van der Waals surface area contributed by atoms with Gasteiger partial charge >= 0.3 is 0 Å². The molecule has 0 fully saturated rings. The first-order valence-corrected chi connectivity index (χ1v) is 7.23. The van der Waals surface area contributed by atoms with Crippen molar-refractivity contribution in [2.24, 2.45) is 0 Å². The standard InChI is InChI=1S/C17H15N3O3/c1-11(15(21)19-10-12-5-4-8-18-9-12)20-16(22)13-6-2-3-7-14(13)17(20)23/h2-9,11H,10H2,1H3,(H,19,21)/t11-/m1/s1. The number of hydrogen-bond acceptors (Lipinski definition) is 4. The Balaban J connectivity index is 1.71. The molecule has 0 bridgehead atoms. The molecule has 1 aliphatic rings. The zero-order chi connectivity index (χ0) is 16.4. The molecule has 2 aromatic rings. The van der Waals surface area contributed by atoms with Gasteiger partial charge in [-0.2, -0.15) is 0 Å². The van der Waals surface area contributed by atoms with Gasteiger partial charge < -0.3 is 5.32 Å². The topological polar surface area (TPSA) is 79.4 Å². The van der Waals surface area contributed by atoms with E-state index in [-0.39, 0.29) is 5.91 Å². The molecule has 6 heteroatoms. The molecule has 6 nitrogen and oxygen atoms in total. The van der Waals surface area contributed by atoms with Crippen LogP contribution >= 0.6 is 0 Å². The van der Waals surface area contributed by atoms with Crippen LogP contribution in [0.3, 0.4) is 0 Å². The van der Waals surface area contributed by atoms with Crippen molar-refractivity contribution in [1.29, 1.82) is 0 Å². The fourth-order valence-corrected chi connectivity index (χ4v) is 2.52. The Bertz CT molecular complexity index is 739. The molecule has 0 saturated carbocycles. The van der Waals surface area contributed by atoms with E-state index in [2.05, 4.69) is 10.3 Å². The number of rotatable bonds is 4. The fraction of sp³-hybridized carbons (Fsp3) is 0.176. The summed E-state index contributed by atoms with van der Waals surface area (Å²) < 4.78 is 0. The van der Waals surface area contributed by atoms with Crippen molar-refractivity contribution < 1.29 is 14.4 Å². The molecule has 3 rings (SSSR count). The molecule has 2 heterocycles. The van der Waals surface area contributed by atoms with Crippen molar-refractivity contribution in [2.75, 3.05) is 0 Å². The molecule has 116 valence electrons. The number of fused-ring (bicyclic) bond motifs is 1. The third-order valence-electron chi connectivity index (χ3n) is 3.78. The molecule has 1 aromatic heterocycles. The van der Waals surface area contributed by atoms with Crippen LogP contribution in [-0.2, 0) is 11.3 Å². The van der Waals surface area contributed by atoms with E-state index in [1.54, 1.807) is 49.6 Å². The van der Waals surface area contributed by atoms with Gasteiger partial charge in [0.05, 0.1) is 11.1 Å². The first-order chi connectivity index (χ1) is 11.1. The zero-order valence-electron chi connectivity index (χ0n) is 12.5. The lowest BCUT2D eigenvalue weighted by atomic mass is 10.1. The van der Waals surface area contributed by atoms with E-state index in [4.69, 9.17) is 0 Å². The van der Waals surface area contributed by atoms with Crippen LogP contribution in [0.5, 0.6) is 0 Å². The van der Waals surface area contributed by atoms with Crippen LogP contribution in [0.1, 0.15) is 33.2 Å². The van der Waals surface area contributed by atoms with Gasteiger partial charge in [0.25, 0.3) is 11.8 Å². The van der Waals surface area contributed by atoms with E-state index >= 15 is 0 Å². The van der Waals surface area contributed by atoms with Crippen molar-refractivity contribution in [1.82, 2.24) is 15.2 Å². The lowest BCUT2D eigenvalue weighted by Crippen LogP contribution is -2.47. The molecule has 1 aromatic carbocycles. The van der Waals surface area contributed by atoms with Crippen LogP contribution in [0.25, 0.3) is 0 Å². The third kappa shape index (κ3) is 2.70. The Labute approximate surface area is 133 Å². The predicted octanol–water partition coefficient (Wildman–Crippen LogP) is 1.38. The highest BCUT2D eigenvalue weighted by atomic mass is 16.2. The number of carbonyl (C=O) groups excluding carboxylic acids is 3. The maximum Gasteiger partial charge on any atom is 0.262 e. The van der Waals surface area contributed by atoms with Gasteiger partial charge in [0, 0.05) is 18.9 Å². The van der Waals surface area contributed by atoms with Crippen molar-refractivity contribution in [2.45, 2.75) is 19.5 Å². The fourth-order valence-electron chi connectivity index (χ4n) is 2.52. The van der Waals surface area contributed by atoms with Gasteiger partial charge in [0.1, 0.15) is 6.04 Å². The average molecular weight is 309 g/mol. The average Bonchev–Trinajstić information content (AvgIpc) is 2.84. The molecular weight excluding hydrogens is 294 g/mol. The first kappa shape index (κ1) is 14.9. The quantitative estimate of drug-likeness (QED) is 0.865. The minimum absolute atomic E-state index is 0.292. The molecular formula is C17H15N3O3. The third-order valence-corrected chi connectivity index (χ3v) is 3.78. The summed E-state index contributed by atoms with van der Waals surface area (Å²) >= 11 is 0. The van der Waals surface area contributed by atoms with Gasteiger partial charge in [0.15, 0.2) is 0 Å². The first-order valence-electron chi connectivity index (χ1n) is 7.23. The van der Waals surface area contributed by atoms with Crippen molar-refractivity contribution in [3.63, 3.8) is 0 Å². The number of hydrogen-bond donors (Lipinski definition) is 1. The molecule has 3 amide bonds. The minimum Gasteiger partial charge on any atom is -0.350 e. The molecule has 0 unspecified atom stereocenters. The Morgan fingerprint density at radius 1 is 1.13 bits per heavy atom. The second kappa shape index (κ2) is 6.00. The van der Waals surface area contributed by atoms with Crippen LogP contribution in [0.4, 0.5) is 0 Å². The monoisotopic (exact) mass is 309 g/mol. The van der Waals surface area contributed by atoms with Crippen molar-refractivity contribution in [3.8, 4) is 0 Å². The van der Waals surface area contributed by atoms with Crippen LogP contribution in [0, 0.1) is 0 Å². The number of pyridine rings is 1. The highest BCUT2D eigenvalue weighted by molar-refractivity contribution is 6.22. The number of nitrogens with one attached hydrogen (secondary N) is 1. The molecule has 1 N–H and O–H groups in total. The Morgan fingerprint density at radius 2 is 1.78 bits per heavy atom. The summed E-state index contributed by atoms with van der Waals surface area (Å²) in [6, 6.07) is 9.31. The van der Waals surface area contributed by atoms with Gasteiger partial charge in [-0.3, -0.25) is 24.3 Å². The second-order valence-corrected chi connectivity index (χ2v) is 5.28. The van der Waals surface area contributed by atoms with Gasteiger partial charge in [-0.05, 0) is 30.7 Å². The van der Waals surface area contributed by atoms with Crippen LogP contribution in [-0.4, -0.2) is 33.6 Å². The Hall–Kier alpha value is -3.02. The molecule has 23 heavy (non-hydrogen) atoms. The van der Waals surface area contributed by atoms with Crippen LogP contribution in [0.2, 0.25) is 0 Å². The summed E-state index contributed by atoms with van der Waals surface area (Å²) in [6.07, 6.45) is 3.29.